The number of hydrogen-bond acceptors (Lipinski definition) is 5. The first-order chi connectivity index (χ1) is 8.76. The molecule has 0 aliphatic heterocycles. The molecule has 0 saturated carbocycles. The Morgan fingerprint density at radius 2 is 2.16 bits per heavy atom. The van der Waals surface area contributed by atoms with Crippen LogP contribution >= 0.6 is 22.9 Å². The summed E-state index contributed by atoms with van der Waals surface area (Å²) in [6.07, 6.45) is -0.595. The molecule has 102 valence electrons. The Kier molecular flexibility index (Phi) is 3.56. The zero-order valence-electron chi connectivity index (χ0n) is 10.7. The molecule has 0 radical (unpaired) electrons. The number of phenolic OH excluding ortho intramolecular Hbond substituents is 1. The number of fused-ring (bicyclic) bond motifs is 1. The van der Waals surface area contributed by atoms with Gasteiger partial charge in [0.2, 0.25) is 0 Å². The van der Waals surface area contributed by atoms with Gasteiger partial charge in [-0.15, -0.1) is 0 Å². The number of nitrogens with zero attached hydrogens (tertiary/aromatic N) is 1. The monoisotopic (exact) mass is 300 g/mol. The van der Waals surface area contributed by atoms with Crippen LogP contribution in [0.2, 0.25) is 5.02 Å². The second-order valence-electron chi connectivity index (χ2n) is 4.89. The van der Waals surface area contributed by atoms with Crippen LogP contribution in [0.5, 0.6) is 5.75 Å². The molecule has 0 unspecified atom stereocenters. The number of thiazole rings is 1. The fraction of sp³-hybridized carbons (Fsp3) is 0.333. The van der Waals surface area contributed by atoms with Crippen LogP contribution < -0.4 is 5.32 Å². The normalized spacial score (nSPS) is 11.6. The summed E-state index contributed by atoms with van der Waals surface area (Å²) in [6, 6.07) is 3.04. The van der Waals surface area contributed by atoms with Gasteiger partial charge in [0.05, 0.1) is 9.72 Å². The molecular weight excluding hydrogens is 288 g/mol. The minimum Gasteiger partial charge on any atom is -0.506 e. The van der Waals surface area contributed by atoms with Crippen LogP contribution in [-0.2, 0) is 4.74 Å². The molecule has 1 aromatic carbocycles. The number of rotatable bonds is 1. The van der Waals surface area contributed by atoms with E-state index in [0.29, 0.717) is 20.4 Å². The van der Waals surface area contributed by atoms with Crippen molar-refractivity contribution < 1.29 is 14.6 Å². The van der Waals surface area contributed by atoms with E-state index in [-0.39, 0.29) is 5.75 Å². The van der Waals surface area contributed by atoms with Crippen molar-refractivity contribution >= 4 is 44.4 Å². The molecule has 2 rings (SSSR count). The van der Waals surface area contributed by atoms with Crippen LogP contribution in [0.4, 0.5) is 9.93 Å². The molecule has 7 heteroatoms. The minimum absolute atomic E-state index is 0.0212. The number of carbonyl (C=O) groups is 1. The highest BCUT2D eigenvalue weighted by atomic mass is 35.5. The predicted molar refractivity (Wildman–Crippen MR) is 76.2 cm³/mol. The van der Waals surface area contributed by atoms with Crippen LogP contribution in [0.25, 0.3) is 10.2 Å². The molecule has 19 heavy (non-hydrogen) atoms. The lowest BCUT2D eigenvalue weighted by Gasteiger charge is -2.18. The molecule has 0 atom stereocenters. The predicted octanol–water partition coefficient (Wildman–Crippen LogP) is 4.00. The smallest absolute Gasteiger partial charge is 0.413 e. The number of phenols is 1. The van der Waals surface area contributed by atoms with Crippen LogP contribution in [0.15, 0.2) is 12.1 Å². The summed E-state index contributed by atoms with van der Waals surface area (Å²) < 4.78 is 5.74. The summed E-state index contributed by atoms with van der Waals surface area (Å²) in [5, 5.41) is 13.0. The highest BCUT2D eigenvalue weighted by Crippen LogP contribution is 2.36. The molecule has 2 aromatic rings. The average Bonchev–Trinajstić information content (AvgIpc) is 2.65. The SMILES string of the molecule is CC(C)(C)OC(=O)Nc1nc2c(O)ccc(Cl)c2s1. The fourth-order valence-corrected chi connectivity index (χ4v) is 2.55. The second kappa shape index (κ2) is 4.86. The van der Waals surface area contributed by atoms with Gasteiger partial charge in [0, 0.05) is 0 Å². The van der Waals surface area contributed by atoms with E-state index in [1.54, 1.807) is 26.8 Å². The van der Waals surface area contributed by atoms with Gasteiger partial charge < -0.3 is 9.84 Å². The van der Waals surface area contributed by atoms with Crippen molar-refractivity contribution in [2.24, 2.45) is 0 Å². The zero-order valence-corrected chi connectivity index (χ0v) is 12.2. The first-order valence-electron chi connectivity index (χ1n) is 5.54. The molecule has 0 saturated heterocycles. The maximum absolute atomic E-state index is 11.6. The van der Waals surface area contributed by atoms with Crippen molar-refractivity contribution in [3.63, 3.8) is 0 Å². The number of carbonyl (C=O) groups excluding carboxylic acids is 1. The average molecular weight is 301 g/mol. The molecule has 0 spiro atoms. The van der Waals surface area contributed by atoms with Crippen LogP contribution in [0.3, 0.4) is 0 Å². The van der Waals surface area contributed by atoms with Crippen LogP contribution in [0, 0.1) is 0 Å². The summed E-state index contributed by atoms with van der Waals surface area (Å²) in [5.41, 5.74) is -0.218. The van der Waals surface area contributed by atoms with Gasteiger partial charge >= 0.3 is 6.09 Å². The highest BCUT2D eigenvalue weighted by Gasteiger charge is 2.18. The van der Waals surface area contributed by atoms with Crippen molar-refractivity contribution in [3.05, 3.63) is 17.2 Å². The summed E-state index contributed by atoms with van der Waals surface area (Å²) in [6.45, 7) is 5.31. The number of nitrogens with one attached hydrogen (secondary N) is 1. The standard InChI is InChI=1S/C12H13ClN2O3S/c1-12(2,3)18-11(17)15-10-14-8-7(16)5-4-6(13)9(8)19-10/h4-5,16H,1-3H3,(H,14,15,17). The van der Waals surface area contributed by atoms with Crippen molar-refractivity contribution in [3.8, 4) is 5.75 Å². The topological polar surface area (TPSA) is 71.5 Å². The lowest BCUT2D eigenvalue weighted by Crippen LogP contribution is -2.27. The number of aromatic nitrogens is 1. The van der Waals surface area contributed by atoms with E-state index in [0.717, 1.165) is 0 Å². The van der Waals surface area contributed by atoms with Crippen molar-refractivity contribution in [2.75, 3.05) is 5.32 Å². The van der Waals surface area contributed by atoms with Crippen LogP contribution in [0.1, 0.15) is 20.8 Å². The summed E-state index contributed by atoms with van der Waals surface area (Å²) >= 11 is 7.18. The summed E-state index contributed by atoms with van der Waals surface area (Å²) in [4.78, 5) is 15.7. The third-order valence-corrected chi connectivity index (χ3v) is 3.51. The van der Waals surface area contributed by atoms with E-state index in [1.807, 2.05) is 0 Å². The number of benzene rings is 1. The lowest BCUT2D eigenvalue weighted by atomic mass is 10.2. The van der Waals surface area contributed by atoms with Gasteiger partial charge in [-0.2, -0.15) is 0 Å². The molecule has 5 nitrogen and oxygen atoms in total. The Morgan fingerprint density at radius 3 is 2.74 bits per heavy atom. The third-order valence-electron chi connectivity index (χ3n) is 2.08. The molecular formula is C12H13ClN2O3S. The van der Waals surface area contributed by atoms with E-state index in [1.165, 1.54) is 17.4 Å². The molecule has 0 aliphatic rings. The van der Waals surface area contributed by atoms with Crippen LogP contribution in [-0.4, -0.2) is 21.8 Å². The number of aromatic hydroxyl groups is 1. The van der Waals surface area contributed by atoms with Crippen molar-refractivity contribution in [1.82, 2.24) is 4.98 Å². The number of anilines is 1. The maximum Gasteiger partial charge on any atom is 0.413 e. The largest absolute Gasteiger partial charge is 0.506 e. The van der Waals surface area contributed by atoms with Gasteiger partial charge in [0.1, 0.15) is 16.9 Å². The van der Waals surface area contributed by atoms with Gasteiger partial charge in [-0.25, -0.2) is 9.78 Å². The fourth-order valence-electron chi connectivity index (χ4n) is 1.41. The van der Waals surface area contributed by atoms with Gasteiger partial charge in [-0.3, -0.25) is 5.32 Å². The molecule has 1 aromatic heterocycles. The van der Waals surface area contributed by atoms with Crippen molar-refractivity contribution in [2.45, 2.75) is 26.4 Å². The molecule has 1 amide bonds. The van der Waals surface area contributed by atoms with Crippen molar-refractivity contribution in [1.29, 1.82) is 0 Å². The third kappa shape index (κ3) is 3.27. The summed E-state index contributed by atoms with van der Waals surface area (Å²) in [5.74, 6) is 0.0212. The molecule has 0 fully saturated rings. The Labute approximate surface area is 119 Å². The van der Waals surface area contributed by atoms with Gasteiger partial charge in [0.25, 0.3) is 0 Å². The van der Waals surface area contributed by atoms with E-state index >= 15 is 0 Å². The second-order valence-corrected chi connectivity index (χ2v) is 6.30. The van der Waals surface area contributed by atoms with E-state index in [2.05, 4.69) is 10.3 Å². The minimum atomic E-state index is -0.595. The molecule has 0 aliphatic carbocycles. The number of hydrogen-bond donors (Lipinski definition) is 2. The Bertz CT molecular complexity index is 595. The Morgan fingerprint density at radius 1 is 1.47 bits per heavy atom. The molecule has 1 heterocycles. The zero-order chi connectivity index (χ0) is 14.2. The highest BCUT2D eigenvalue weighted by molar-refractivity contribution is 7.23. The van der Waals surface area contributed by atoms with Gasteiger partial charge in [-0.1, -0.05) is 22.9 Å². The maximum atomic E-state index is 11.6. The lowest BCUT2D eigenvalue weighted by molar-refractivity contribution is 0.0636. The van der Waals surface area contributed by atoms with E-state index in [4.69, 9.17) is 16.3 Å². The molecule has 0 bridgehead atoms. The van der Waals surface area contributed by atoms with E-state index < -0.39 is 11.7 Å². The molecule has 2 N–H and O–H groups in total. The number of ether oxygens (including phenoxy) is 1. The van der Waals surface area contributed by atoms with Gasteiger partial charge in [0.15, 0.2) is 5.13 Å². The first-order valence-corrected chi connectivity index (χ1v) is 6.74. The quantitative estimate of drug-likeness (QED) is 0.835. The van der Waals surface area contributed by atoms with E-state index in [9.17, 15) is 9.90 Å². The Hall–Kier alpha value is -1.53. The van der Waals surface area contributed by atoms with Gasteiger partial charge in [-0.05, 0) is 32.9 Å². The summed E-state index contributed by atoms with van der Waals surface area (Å²) in [7, 11) is 0. The Balaban J connectivity index is 2.25. The number of halogens is 1. The number of amides is 1. The first kappa shape index (κ1) is 13.9.